The minimum absolute atomic E-state index is 0.355. The van der Waals surface area contributed by atoms with Crippen molar-refractivity contribution in [3.63, 3.8) is 0 Å². The van der Waals surface area contributed by atoms with Crippen molar-refractivity contribution in [3.8, 4) is 5.88 Å². The molecule has 1 aliphatic rings. The molecule has 18 heavy (non-hydrogen) atoms. The second-order valence-corrected chi connectivity index (χ2v) is 5.30. The maximum absolute atomic E-state index is 6.00. The molecule has 0 bridgehead atoms. The molecule has 0 spiro atoms. The Balaban J connectivity index is 2.14. The molecule has 1 aliphatic heterocycles. The van der Waals surface area contributed by atoms with E-state index >= 15 is 0 Å². The highest BCUT2D eigenvalue weighted by molar-refractivity contribution is 5.30. The van der Waals surface area contributed by atoms with Gasteiger partial charge in [0.05, 0.1) is 18.4 Å². The lowest BCUT2D eigenvalue weighted by Gasteiger charge is -2.36. The van der Waals surface area contributed by atoms with Gasteiger partial charge in [-0.3, -0.25) is 4.90 Å². The highest BCUT2D eigenvalue weighted by Crippen LogP contribution is 2.26. The summed E-state index contributed by atoms with van der Waals surface area (Å²) in [5.74, 6) is 0.870. The molecule has 1 saturated heterocycles. The number of likely N-dealkylation sites (tertiary alicyclic amines) is 1. The van der Waals surface area contributed by atoms with Crippen molar-refractivity contribution >= 4 is 0 Å². The molecule has 1 aromatic heterocycles. The highest BCUT2D eigenvalue weighted by atomic mass is 16.5. The molecule has 0 saturated carbocycles. The van der Waals surface area contributed by atoms with Crippen molar-refractivity contribution < 1.29 is 4.74 Å². The number of methoxy groups -OCH3 is 1. The number of aromatic nitrogens is 2. The van der Waals surface area contributed by atoms with Crippen LogP contribution in [0.4, 0.5) is 0 Å². The summed E-state index contributed by atoms with van der Waals surface area (Å²) < 4.78 is 7.25. The van der Waals surface area contributed by atoms with E-state index in [0.717, 1.165) is 37.5 Å². The van der Waals surface area contributed by atoms with E-state index in [1.165, 1.54) is 5.56 Å². The third kappa shape index (κ3) is 2.52. The third-order valence-electron chi connectivity index (χ3n) is 3.90. The van der Waals surface area contributed by atoms with Crippen molar-refractivity contribution in [1.82, 2.24) is 14.7 Å². The molecule has 5 nitrogen and oxygen atoms in total. The highest BCUT2D eigenvalue weighted by Gasteiger charge is 2.25. The minimum Gasteiger partial charge on any atom is -0.481 e. The Bertz CT molecular complexity index is 415. The summed E-state index contributed by atoms with van der Waals surface area (Å²) in [5.41, 5.74) is 8.25. The van der Waals surface area contributed by atoms with Gasteiger partial charge in [-0.25, -0.2) is 4.68 Å². The zero-order valence-corrected chi connectivity index (χ0v) is 11.8. The van der Waals surface area contributed by atoms with Crippen molar-refractivity contribution in [2.45, 2.75) is 45.3 Å². The molecular formula is C13H24N4O. The predicted octanol–water partition coefficient (Wildman–Crippen LogP) is 1.05. The first-order valence-electron chi connectivity index (χ1n) is 6.59. The Morgan fingerprint density at radius 3 is 2.83 bits per heavy atom. The third-order valence-corrected chi connectivity index (χ3v) is 3.90. The Morgan fingerprint density at radius 2 is 2.22 bits per heavy atom. The van der Waals surface area contributed by atoms with Crippen LogP contribution in [0, 0.1) is 6.92 Å². The van der Waals surface area contributed by atoms with Crippen LogP contribution >= 0.6 is 0 Å². The van der Waals surface area contributed by atoms with Gasteiger partial charge >= 0.3 is 0 Å². The smallest absolute Gasteiger partial charge is 0.216 e. The standard InChI is InChI=1S/C13H24N4O/c1-9-7-11(14)5-6-17(9)8-12-10(2)15-16(3)13(12)18-4/h9,11H,5-8,14H2,1-4H3. The molecule has 0 aliphatic carbocycles. The first kappa shape index (κ1) is 13.4. The SMILES string of the molecule is COc1c(CN2CCC(N)CC2C)c(C)nn1C. The number of nitrogens with zero attached hydrogens (tertiary/aromatic N) is 3. The molecule has 1 aromatic rings. The summed E-state index contributed by atoms with van der Waals surface area (Å²) in [4.78, 5) is 2.47. The fourth-order valence-electron chi connectivity index (χ4n) is 2.81. The van der Waals surface area contributed by atoms with Gasteiger partial charge in [0.25, 0.3) is 0 Å². The molecule has 0 amide bonds. The number of rotatable bonds is 3. The first-order chi connectivity index (χ1) is 8.52. The van der Waals surface area contributed by atoms with Gasteiger partial charge in [-0.05, 0) is 26.7 Å². The molecule has 1 fully saturated rings. The molecule has 2 N–H and O–H groups in total. The van der Waals surface area contributed by atoms with Crippen LogP contribution in [0.1, 0.15) is 31.0 Å². The van der Waals surface area contributed by atoms with Gasteiger partial charge in [0.15, 0.2) is 0 Å². The van der Waals surface area contributed by atoms with E-state index in [1.807, 2.05) is 18.7 Å². The Hall–Kier alpha value is -1.07. The van der Waals surface area contributed by atoms with Gasteiger partial charge in [-0.1, -0.05) is 0 Å². The van der Waals surface area contributed by atoms with Crippen molar-refractivity contribution in [1.29, 1.82) is 0 Å². The van der Waals surface area contributed by atoms with Crippen LogP contribution in [-0.4, -0.2) is 40.4 Å². The van der Waals surface area contributed by atoms with Gasteiger partial charge < -0.3 is 10.5 Å². The summed E-state index contributed by atoms with van der Waals surface area (Å²) in [6.07, 6.45) is 2.15. The summed E-state index contributed by atoms with van der Waals surface area (Å²) in [7, 11) is 3.63. The topological polar surface area (TPSA) is 56.3 Å². The van der Waals surface area contributed by atoms with E-state index in [1.54, 1.807) is 7.11 Å². The monoisotopic (exact) mass is 252 g/mol. The van der Waals surface area contributed by atoms with Gasteiger partial charge in [-0.2, -0.15) is 5.10 Å². The summed E-state index contributed by atoms with van der Waals surface area (Å²) >= 11 is 0. The number of nitrogens with two attached hydrogens (primary N) is 1. The van der Waals surface area contributed by atoms with Crippen LogP contribution in [0.5, 0.6) is 5.88 Å². The molecule has 5 heteroatoms. The summed E-state index contributed by atoms with van der Waals surface area (Å²) in [6.45, 7) is 6.24. The fraction of sp³-hybridized carbons (Fsp3) is 0.769. The quantitative estimate of drug-likeness (QED) is 0.873. The van der Waals surface area contributed by atoms with Crippen LogP contribution in [0.25, 0.3) is 0 Å². The average Bonchev–Trinajstić information content (AvgIpc) is 2.57. The molecule has 2 atom stereocenters. The normalized spacial score (nSPS) is 25.4. The van der Waals surface area contributed by atoms with Crippen LogP contribution < -0.4 is 10.5 Å². The molecule has 0 radical (unpaired) electrons. The molecule has 2 rings (SSSR count). The number of piperidine rings is 1. The van der Waals surface area contributed by atoms with E-state index in [0.29, 0.717) is 12.1 Å². The Kier molecular flexibility index (Phi) is 3.92. The molecule has 0 aromatic carbocycles. The summed E-state index contributed by atoms with van der Waals surface area (Å²) in [6, 6.07) is 0.881. The average molecular weight is 252 g/mol. The maximum atomic E-state index is 6.00. The lowest BCUT2D eigenvalue weighted by atomic mass is 9.98. The Labute approximate surface area is 109 Å². The van der Waals surface area contributed by atoms with Crippen molar-refractivity contribution in [3.05, 3.63) is 11.3 Å². The fourth-order valence-corrected chi connectivity index (χ4v) is 2.81. The molecule has 102 valence electrons. The second-order valence-electron chi connectivity index (χ2n) is 5.30. The largest absolute Gasteiger partial charge is 0.481 e. The van der Waals surface area contributed by atoms with Crippen LogP contribution in [-0.2, 0) is 13.6 Å². The second kappa shape index (κ2) is 5.28. The molecule has 2 unspecified atom stereocenters. The van der Waals surface area contributed by atoms with Gasteiger partial charge in [-0.15, -0.1) is 0 Å². The van der Waals surface area contributed by atoms with E-state index in [-0.39, 0.29) is 0 Å². The van der Waals surface area contributed by atoms with Crippen LogP contribution in [0.15, 0.2) is 0 Å². The molecule has 2 heterocycles. The molecular weight excluding hydrogens is 228 g/mol. The van der Waals surface area contributed by atoms with Crippen LogP contribution in [0.2, 0.25) is 0 Å². The van der Waals surface area contributed by atoms with Crippen LogP contribution in [0.3, 0.4) is 0 Å². The first-order valence-corrected chi connectivity index (χ1v) is 6.59. The predicted molar refractivity (Wildman–Crippen MR) is 71.6 cm³/mol. The number of hydrogen-bond acceptors (Lipinski definition) is 4. The van der Waals surface area contributed by atoms with Crippen molar-refractivity contribution in [2.24, 2.45) is 12.8 Å². The van der Waals surface area contributed by atoms with E-state index in [9.17, 15) is 0 Å². The van der Waals surface area contributed by atoms with E-state index in [2.05, 4.69) is 16.9 Å². The van der Waals surface area contributed by atoms with Gasteiger partial charge in [0, 0.05) is 32.2 Å². The summed E-state index contributed by atoms with van der Waals surface area (Å²) in [5, 5.41) is 4.43. The zero-order valence-electron chi connectivity index (χ0n) is 11.8. The van der Waals surface area contributed by atoms with Gasteiger partial charge in [0.2, 0.25) is 5.88 Å². The van der Waals surface area contributed by atoms with Gasteiger partial charge in [0.1, 0.15) is 0 Å². The van der Waals surface area contributed by atoms with E-state index < -0.39 is 0 Å². The Morgan fingerprint density at radius 1 is 1.50 bits per heavy atom. The lowest BCUT2D eigenvalue weighted by Crippen LogP contribution is -2.45. The lowest BCUT2D eigenvalue weighted by molar-refractivity contribution is 0.138. The minimum atomic E-state index is 0.355. The maximum Gasteiger partial charge on any atom is 0.216 e. The van der Waals surface area contributed by atoms with Crippen molar-refractivity contribution in [2.75, 3.05) is 13.7 Å². The zero-order chi connectivity index (χ0) is 13.3. The number of aryl methyl sites for hydroxylation is 2. The number of hydrogen-bond donors (Lipinski definition) is 1. The van der Waals surface area contributed by atoms with E-state index in [4.69, 9.17) is 10.5 Å². The number of ether oxygens (including phenoxy) is 1.